The molecule has 0 spiro atoms. The van der Waals surface area contributed by atoms with Crippen LogP contribution in [0.3, 0.4) is 0 Å². The van der Waals surface area contributed by atoms with Crippen molar-refractivity contribution in [3.05, 3.63) is 33.9 Å². The first-order chi connectivity index (χ1) is 8.00. The van der Waals surface area contributed by atoms with Gasteiger partial charge in [-0.25, -0.2) is 0 Å². The fourth-order valence-electron chi connectivity index (χ4n) is 2.21. The normalized spacial score (nSPS) is 17.3. The van der Waals surface area contributed by atoms with Crippen molar-refractivity contribution in [2.75, 3.05) is 11.9 Å². The molecule has 1 saturated carbocycles. The van der Waals surface area contributed by atoms with E-state index in [9.17, 15) is 10.1 Å². The second-order valence-electron chi connectivity index (χ2n) is 5.30. The summed E-state index contributed by atoms with van der Waals surface area (Å²) in [5, 5.41) is 14.2. The minimum absolute atomic E-state index is 0.174. The number of rotatable bonds is 4. The third kappa shape index (κ3) is 2.57. The van der Waals surface area contributed by atoms with E-state index in [1.807, 2.05) is 13.0 Å². The summed E-state index contributed by atoms with van der Waals surface area (Å²) in [6, 6.07) is 5.32. The van der Waals surface area contributed by atoms with Crippen molar-refractivity contribution >= 4 is 11.4 Å². The molecular weight excluding hydrogens is 216 g/mol. The van der Waals surface area contributed by atoms with Crippen LogP contribution in [-0.4, -0.2) is 11.5 Å². The first-order valence-corrected chi connectivity index (χ1v) is 5.99. The van der Waals surface area contributed by atoms with Gasteiger partial charge in [0.05, 0.1) is 4.92 Å². The van der Waals surface area contributed by atoms with E-state index >= 15 is 0 Å². The van der Waals surface area contributed by atoms with Gasteiger partial charge in [-0.2, -0.15) is 0 Å². The predicted molar refractivity (Wildman–Crippen MR) is 68.3 cm³/mol. The molecule has 92 valence electrons. The molecule has 0 saturated heterocycles. The molecule has 0 bridgehead atoms. The number of nitro groups is 1. The van der Waals surface area contributed by atoms with E-state index in [4.69, 9.17) is 0 Å². The number of aryl methyl sites for hydroxylation is 1. The molecule has 1 N–H and O–H groups in total. The van der Waals surface area contributed by atoms with E-state index in [0.717, 1.165) is 12.1 Å². The number of nitrogens with zero attached hydrogens (tertiary/aromatic N) is 1. The monoisotopic (exact) mass is 234 g/mol. The van der Waals surface area contributed by atoms with Crippen molar-refractivity contribution in [1.29, 1.82) is 0 Å². The van der Waals surface area contributed by atoms with Crippen LogP contribution < -0.4 is 5.32 Å². The van der Waals surface area contributed by atoms with Crippen molar-refractivity contribution in [3.63, 3.8) is 0 Å². The van der Waals surface area contributed by atoms with Crippen molar-refractivity contribution in [1.82, 2.24) is 0 Å². The molecule has 4 heteroatoms. The van der Waals surface area contributed by atoms with Crippen molar-refractivity contribution < 1.29 is 4.92 Å². The molecule has 1 fully saturated rings. The number of hydrogen-bond acceptors (Lipinski definition) is 3. The molecule has 1 aromatic rings. The minimum Gasteiger partial charge on any atom is -0.379 e. The Hall–Kier alpha value is -1.58. The number of anilines is 1. The Labute approximate surface area is 101 Å². The molecule has 0 unspecified atom stereocenters. The molecule has 0 radical (unpaired) electrons. The lowest BCUT2D eigenvalue weighted by atomic mass is 9.70. The first-order valence-electron chi connectivity index (χ1n) is 5.99. The molecule has 2 rings (SSSR count). The smallest absolute Gasteiger partial charge is 0.292 e. The quantitative estimate of drug-likeness (QED) is 0.640. The van der Waals surface area contributed by atoms with Crippen molar-refractivity contribution in [3.8, 4) is 0 Å². The van der Waals surface area contributed by atoms with E-state index < -0.39 is 0 Å². The Bertz CT molecular complexity index is 439. The molecule has 17 heavy (non-hydrogen) atoms. The van der Waals surface area contributed by atoms with Crippen LogP contribution in [0.4, 0.5) is 11.4 Å². The lowest BCUT2D eigenvalue weighted by Gasteiger charge is -2.38. The van der Waals surface area contributed by atoms with Crippen LogP contribution in [0.25, 0.3) is 0 Å². The molecule has 1 aromatic carbocycles. The van der Waals surface area contributed by atoms with Crippen molar-refractivity contribution in [2.45, 2.75) is 33.1 Å². The van der Waals surface area contributed by atoms with E-state index in [0.29, 0.717) is 11.1 Å². The van der Waals surface area contributed by atoms with Gasteiger partial charge in [-0.15, -0.1) is 0 Å². The van der Waals surface area contributed by atoms with Gasteiger partial charge in [0.1, 0.15) is 5.69 Å². The second-order valence-corrected chi connectivity index (χ2v) is 5.30. The first kappa shape index (κ1) is 11.9. The summed E-state index contributed by atoms with van der Waals surface area (Å²) in [6.07, 6.45) is 3.69. The Balaban J connectivity index is 2.12. The molecule has 0 heterocycles. The van der Waals surface area contributed by atoms with Crippen molar-refractivity contribution in [2.24, 2.45) is 5.41 Å². The fourth-order valence-corrected chi connectivity index (χ4v) is 2.21. The van der Waals surface area contributed by atoms with Crippen LogP contribution >= 0.6 is 0 Å². The van der Waals surface area contributed by atoms with Crippen LogP contribution in [0.2, 0.25) is 0 Å². The van der Waals surface area contributed by atoms with Crippen LogP contribution in [0.15, 0.2) is 18.2 Å². The van der Waals surface area contributed by atoms with Gasteiger partial charge >= 0.3 is 0 Å². The van der Waals surface area contributed by atoms with E-state index in [1.165, 1.54) is 19.3 Å². The summed E-state index contributed by atoms with van der Waals surface area (Å²) in [4.78, 5) is 10.6. The van der Waals surface area contributed by atoms with Crippen LogP contribution in [0.5, 0.6) is 0 Å². The van der Waals surface area contributed by atoms with Gasteiger partial charge in [0.2, 0.25) is 0 Å². The molecule has 0 aliphatic heterocycles. The van der Waals surface area contributed by atoms with Gasteiger partial charge < -0.3 is 5.32 Å². The predicted octanol–water partition coefficient (Wildman–Crippen LogP) is 3.51. The summed E-state index contributed by atoms with van der Waals surface area (Å²) >= 11 is 0. The Morgan fingerprint density at radius 1 is 1.47 bits per heavy atom. The standard InChI is InChI=1S/C13H18N2O2/c1-10-4-5-11(12(8-10)15(16)17)14-9-13(2)6-3-7-13/h4-5,8,14H,3,6-7,9H2,1-2H3. The largest absolute Gasteiger partial charge is 0.379 e. The van der Waals surface area contributed by atoms with Crippen LogP contribution in [-0.2, 0) is 0 Å². The summed E-state index contributed by atoms with van der Waals surface area (Å²) in [7, 11) is 0. The zero-order valence-corrected chi connectivity index (χ0v) is 10.3. The number of benzene rings is 1. The molecule has 0 amide bonds. The van der Waals surface area contributed by atoms with Gasteiger partial charge in [0, 0.05) is 12.6 Å². The number of nitrogens with one attached hydrogen (secondary N) is 1. The third-order valence-corrected chi connectivity index (χ3v) is 3.62. The third-order valence-electron chi connectivity index (χ3n) is 3.62. The highest BCUT2D eigenvalue weighted by Crippen LogP contribution is 2.40. The zero-order chi connectivity index (χ0) is 12.5. The summed E-state index contributed by atoms with van der Waals surface area (Å²) in [6.45, 7) is 4.91. The van der Waals surface area contributed by atoms with Crippen LogP contribution in [0, 0.1) is 22.5 Å². The summed E-state index contributed by atoms with van der Waals surface area (Å²) < 4.78 is 0. The molecular formula is C13H18N2O2. The van der Waals surface area contributed by atoms with Gasteiger partial charge in [0.25, 0.3) is 5.69 Å². The minimum atomic E-state index is -0.321. The molecule has 1 aliphatic carbocycles. The molecule has 4 nitrogen and oxygen atoms in total. The highest BCUT2D eigenvalue weighted by Gasteiger charge is 2.31. The highest BCUT2D eigenvalue weighted by molar-refractivity contribution is 5.62. The topological polar surface area (TPSA) is 55.2 Å². The maximum Gasteiger partial charge on any atom is 0.292 e. The van der Waals surface area contributed by atoms with Crippen LogP contribution in [0.1, 0.15) is 31.7 Å². The maximum absolute atomic E-state index is 10.9. The van der Waals surface area contributed by atoms with E-state index in [2.05, 4.69) is 12.2 Å². The second kappa shape index (κ2) is 4.35. The lowest BCUT2D eigenvalue weighted by molar-refractivity contribution is -0.384. The zero-order valence-electron chi connectivity index (χ0n) is 10.3. The Kier molecular flexibility index (Phi) is 3.05. The Morgan fingerprint density at radius 2 is 2.18 bits per heavy atom. The Morgan fingerprint density at radius 3 is 2.71 bits per heavy atom. The average molecular weight is 234 g/mol. The van der Waals surface area contributed by atoms with Gasteiger partial charge in [-0.1, -0.05) is 19.4 Å². The number of hydrogen-bond donors (Lipinski definition) is 1. The summed E-state index contributed by atoms with van der Waals surface area (Å²) in [5.74, 6) is 0. The van der Waals surface area contributed by atoms with E-state index in [-0.39, 0.29) is 10.6 Å². The van der Waals surface area contributed by atoms with E-state index in [1.54, 1.807) is 12.1 Å². The molecule has 0 aromatic heterocycles. The average Bonchev–Trinajstić information content (AvgIpc) is 2.24. The summed E-state index contributed by atoms with van der Waals surface area (Å²) in [5.41, 5.74) is 2.04. The van der Waals surface area contributed by atoms with Gasteiger partial charge in [-0.3, -0.25) is 10.1 Å². The maximum atomic E-state index is 10.9. The SMILES string of the molecule is Cc1ccc(NCC2(C)CCC2)c([N+](=O)[O-])c1. The highest BCUT2D eigenvalue weighted by atomic mass is 16.6. The lowest BCUT2D eigenvalue weighted by Crippen LogP contribution is -2.33. The van der Waals surface area contributed by atoms with Gasteiger partial charge in [-0.05, 0) is 36.8 Å². The molecule has 0 atom stereocenters. The number of nitro benzene ring substituents is 1. The fraction of sp³-hybridized carbons (Fsp3) is 0.538. The van der Waals surface area contributed by atoms with Gasteiger partial charge in [0.15, 0.2) is 0 Å². The molecule has 1 aliphatic rings.